The summed E-state index contributed by atoms with van der Waals surface area (Å²) in [6.45, 7) is -0.0105. The summed E-state index contributed by atoms with van der Waals surface area (Å²) in [6.07, 6.45) is -0.897. The fourth-order valence-electron chi connectivity index (χ4n) is 1.62. The van der Waals surface area contributed by atoms with Crippen molar-refractivity contribution in [1.82, 2.24) is 4.31 Å². The molecule has 0 saturated carbocycles. The van der Waals surface area contributed by atoms with Gasteiger partial charge in [0.15, 0.2) is 0 Å². The normalized spacial score (nSPS) is 13.7. The molecule has 0 spiro atoms. The first-order valence-electron chi connectivity index (χ1n) is 5.58. The van der Waals surface area contributed by atoms with Crippen molar-refractivity contribution >= 4 is 47.6 Å². The highest BCUT2D eigenvalue weighted by Crippen LogP contribution is 2.34. The van der Waals surface area contributed by atoms with E-state index in [1.165, 1.54) is 26.3 Å². The molecule has 3 N–H and O–H groups in total. The first-order valence-corrected chi connectivity index (χ1v) is 8.60. The fourth-order valence-corrected chi connectivity index (χ4v) is 5.36. The summed E-state index contributed by atoms with van der Waals surface area (Å²) in [7, 11) is -0.934. The summed E-state index contributed by atoms with van der Waals surface area (Å²) in [5.41, 5.74) is 6.08. The van der Waals surface area contributed by atoms with Crippen LogP contribution in [0.2, 0.25) is 0 Å². The summed E-state index contributed by atoms with van der Waals surface area (Å²) in [6, 6.07) is 3.02. The van der Waals surface area contributed by atoms with Crippen LogP contribution in [0.25, 0.3) is 0 Å². The quantitative estimate of drug-likeness (QED) is 0.664. The second-order valence-corrected chi connectivity index (χ2v) is 7.90. The van der Waals surface area contributed by atoms with Crippen molar-refractivity contribution < 1.29 is 18.3 Å². The van der Waals surface area contributed by atoms with Gasteiger partial charge in [-0.15, -0.1) is 0 Å². The molecule has 0 fully saturated rings. The van der Waals surface area contributed by atoms with E-state index in [-0.39, 0.29) is 18.0 Å². The highest BCUT2D eigenvalue weighted by molar-refractivity contribution is 9.11. The summed E-state index contributed by atoms with van der Waals surface area (Å²) >= 11 is 6.39. The van der Waals surface area contributed by atoms with Gasteiger partial charge in [0.05, 0.1) is 12.7 Å². The van der Waals surface area contributed by atoms with Gasteiger partial charge in [0, 0.05) is 35.3 Å². The van der Waals surface area contributed by atoms with Gasteiger partial charge in [-0.1, -0.05) is 0 Å². The average Bonchev–Trinajstić information content (AvgIpc) is 2.26. The minimum atomic E-state index is -3.76. The number of likely N-dealkylation sites (N-methyl/N-ethyl adjacent to an activating group) is 1. The third kappa shape index (κ3) is 4.15. The molecule has 0 aromatic heterocycles. The maximum atomic E-state index is 12.5. The summed E-state index contributed by atoms with van der Waals surface area (Å²) in [4.78, 5) is 0.0683. The minimum Gasteiger partial charge on any atom is -0.399 e. The number of benzene rings is 1. The van der Waals surface area contributed by atoms with E-state index in [1.807, 2.05) is 0 Å². The fraction of sp³-hybridized carbons (Fsp3) is 0.455. The molecular formula is C11H16Br2N2O4S. The molecule has 0 bridgehead atoms. The molecule has 1 unspecified atom stereocenters. The highest BCUT2D eigenvalue weighted by Gasteiger charge is 2.27. The maximum Gasteiger partial charge on any atom is 0.245 e. The molecule has 6 nitrogen and oxygen atoms in total. The van der Waals surface area contributed by atoms with Crippen molar-refractivity contribution in [1.29, 1.82) is 0 Å². The van der Waals surface area contributed by atoms with Crippen molar-refractivity contribution in [2.45, 2.75) is 11.0 Å². The van der Waals surface area contributed by atoms with Crippen molar-refractivity contribution in [3.63, 3.8) is 0 Å². The molecule has 0 amide bonds. The van der Waals surface area contributed by atoms with Crippen molar-refractivity contribution in [3.8, 4) is 0 Å². The molecule has 0 heterocycles. The van der Waals surface area contributed by atoms with Crippen LogP contribution >= 0.6 is 31.9 Å². The van der Waals surface area contributed by atoms with E-state index in [1.54, 1.807) is 0 Å². The van der Waals surface area contributed by atoms with Crippen LogP contribution in [0.5, 0.6) is 0 Å². The predicted molar refractivity (Wildman–Crippen MR) is 84.0 cm³/mol. The molecule has 114 valence electrons. The number of aliphatic hydroxyl groups is 1. The number of nitrogens with two attached hydrogens (primary N) is 1. The van der Waals surface area contributed by atoms with Gasteiger partial charge in [-0.2, -0.15) is 4.31 Å². The van der Waals surface area contributed by atoms with Gasteiger partial charge in [0.25, 0.3) is 0 Å². The Morgan fingerprint density at radius 1 is 1.40 bits per heavy atom. The Balaban J connectivity index is 3.11. The Labute approximate surface area is 135 Å². The summed E-state index contributed by atoms with van der Waals surface area (Å²) in [5.74, 6) is 0. The zero-order valence-electron chi connectivity index (χ0n) is 11.0. The lowest BCUT2D eigenvalue weighted by atomic mass is 10.3. The number of hydrogen-bond donors (Lipinski definition) is 2. The van der Waals surface area contributed by atoms with Gasteiger partial charge >= 0.3 is 0 Å². The first kappa shape index (κ1) is 17.9. The van der Waals surface area contributed by atoms with Gasteiger partial charge < -0.3 is 15.6 Å². The van der Waals surface area contributed by atoms with Crippen LogP contribution in [0.15, 0.2) is 26.0 Å². The van der Waals surface area contributed by atoms with Crippen LogP contribution in [-0.4, -0.2) is 51.2 Å². The molecule has 0 aliphatic heterocycles. The minimum absolute atomic E-state index is 0.0595. The second kappa shape index (κ2) is 7.19. The Hall–Kier alpha value is -0.190. The van der Waals surface area contributed by atoms with Gasteiger partial charge in [-0.25, -0.2) is 8.42 Å². The molecule has 20 heavy (non-hydrogen) atoms. The Bertz CT molecular complexity index is 557. The van der Waals surface area contributed by atoms with Crippen LogP contribution in [0.1, 0.15) is 0 Å². The molecule has 0 aliphatic carbocycles. The number of nitrogens with zero attached hydrogens (tertiary/aromatic N) is 1. The molecule has 0 saturated heterocycles. The SMILES string of the molecule is COCC(O)CN(C)S(=O)(=O)c1c(Br)cc(N)cc1Br. The third-order valence-electron chi connectivity index (χ3n) is 2.52. The molecule has 0 aliphatic rings. The number of hydrogen-bond acceptors (Lipinski definition) is 5. The number of ether oxygens (including phenoxy) is 1. The third-order valence-corrected chi connectivity index (χ3v) is 6.22. The van der Waals surface area contributed by atoms with Crippen LogP contribution in [0.3, 0.4) is 0 Å². The zero-order valence-corrected chi connectivity index (χ0v) is 15.0. The predicted octanol–water partition coefficient (Wildman–Crippen LogP) is 1.42. The summed E-state index contributed by atoms with van der Waals surface area (Å²) < 4.78 is 31.6. The smallest absolute Gasteiger partial charge is 0.245 e. The number of anilines is 1. The van der Waals surface area contributed by atoms with E-state index in [4.69, 9.17) is 10.5 Å². The second-order valence-electron chi connectivity index (χ2n) is 4.21. The lowest BCUT2D eigenvalue weighted by Gasteiger charge is -2.21. The highest BCUT2D eigenvalue weighted by atomic mass is 79.9. The van der Waals surface area contributed by atoms with Gasteiger partial charge in [0.2, 0.25) is 10.0 Å². The van der Waals surface area contributed by atoms with Crippen LogP contribution in [-0.2, 0) is 14.8 Å². The number of nitrogen functional groups attached to an aromatic ring is 1. The monoisotopic (exact) mass is 430 g/mol. The molecule has 9 heteroatoms. The molecule has 1 rings (SSSR count). The first-order chi connectivity index (χ1) is 9.20. The van der Waals surface area contributed by atoms with Crippen molar-refractivity contribution in [2.75, 3.05) is 33.0 Å². The lowest BCUT2D eigenvalue weighted by molar-refractivity contribution is 0.0554. The van der Waals surface area contributed by atoms with Crippen molar-refractivity contribution in [3.05, 3.63) is 21.1 Å². The van der Waals surface area contributed by atoms with E-state index < -0.39 is 16.1 Å². The molecule has 1 atom stereocenters. The number of rotatable bonds is 6. The number of sulfonamides is 1. The summed E-state index contributed by atoms with van der Waals surface area (Å²) in [5, 5.41) is 9.64. The number of aliphatic hydroxyl groups excluding tert-OH is 1. The van der Waals surface area contributed by atoms with E-state index >= 15 is 0 Å². The van der Waals surface area contributed by atoms with E-state index in [9.17, 15) is 13.5 Å². The van der Waals surface area contributed by atoms with Crippen LogP contribution in [0, 0.1) is 0 Å². The molecular weight excluding hydrogens is 416 g/mol. The molecule has 0 radical (unpaired) electrons. The van der Waals surface area contributed by atoms with E-state index in [0.29, 0.717) is 14.6 Å². The average molecular weight is 432 g/mol. The largest absolute Gasteiger partial charge is 0.399 e. The Morgan fingerprint density at radius 3 is 2.35 bits per heavy atom. The lowest BCUT2D eigenvalue weighted by Crippen LogP contribution is -2.36. The van der Waals surface area contributed by atoms with E-state index in [2.05, 4.69) is 31.9 Å². The Kier molecular flexibility index (Phi) is 6.42. The maximum absolute atomic E-state index is 12.5. The standard InChI is InChI=1S/C11H16Br2N2O4S/c1-15(5-8(16)6-19-2)20(17,18)11-9(12)3-7(14)4-10(11)13/h3-4,8,16H,5-6,14H2,1-2H3. The van der Waals surface area contributed by atoms with Gasteiger partial charge in [-0.05, 0) is 44.0 Å². The van der Waals surface area contributed by atoms with Gasteiger partial charge in [-0.3, -0.25) is 0 Å². The van der Waals surface area contributed by atoms with Gasteiger partial charge in [0.1, 0.15) is 4.90 Å². The van der Waals surface area contributed by atoms with Crippen LogP contribution in [0.4, 0.5) is 5.69 Å². The molecule has 1 aromatic rings. The van der Waals surface area contributed by atoms with Crippen LogP contribution < -0.4 is 5.73 Å². The van der Waals surface area contributed by atoms with E-state index in [0.717, 1.165) is 4.31 Å². The van der Waals surface area contributed by atoms with Crippen molar-refractivity contribution in [2.24, 2.45) is 0 Å². The topological polar surface area (TPSA) is 92.9 Å². The zero-order chi connectivity index (χ0) is 15.5. The Morgan fingerprint density at radius 2 is 1.90 bits per heavy atom. The molecule has 1 aromatic carbocycles. The number of methoxy groups -OCH3 is 1. The number of halogens is 2.